The predicted octanol–water partition coefficient (Wildman–Crippen LogP) is 5.40. The standard InChI is InChI=1S/C24H24F3NO3/c1-16-10-19(18-6-8-21(9-7-18)24(25,26)27)12-20(16)15-31-22-5-3-4-17(11-22)13-28(2)14-23(29)30/h3-9,11-12H,10,13-15H2,1-2H3,(H,29,30). The van der Waals surface area contributed by atoms with Gasteiger partial charge in [0.1, 0.15) is 12.4 Å². The van der Waals surface area contributed by atoms with Crippen molar-refractivity contribution in [1.82, 2.24) is 4.90 Å². The first-order chi connectivity index (χ1) is 14.6. The van der Waals surface area contributed by atoms with Crippen molar-refractivity contribution in [3.8, 4) is 5.75 Å². The smallest absolute Gasteiger partial charge is 0.416 e. The number of alkyl halides is 3. The summed E-state index contributed by atoms with van der Waals surface area (Å²) in [5, 5.41) is 8.87. The average molecular weight is 431 g/mol. The molecule has 0 bridgehead atoms. The molecule has 0 atom stereocenters. The second-order valence-electron chi connectivity index (χ2n) is 7.73. The van der Waals surface area contributed by atoms with Crippen molar-refractivity contribution in [2.45, 2.75) is 26.1 Å². The topological polar surface area (TPSA) is 49.8 Å². The number of likely N-dealkylation sites (N-methyl/N-ethyl adjacent to an activating group) is 1. The maximum atomic E-state index is 12.8. The van der Waals surface area contributed by atoms with Crippen LogP contribution in [0.25, 0.3) is 5.57 Å². The molecular weight excluding hydrogens is 407 g/mol. The van der Waals surface area contributed by atoms with Gasteiger partial charge in [-0.25, -0.2) is 0 Å². The summed E-state index contributed by atoms with van der Waals surface area (Å²) in [6.07, 6.45) is -1.70. The van der Waals surface area contributed by atoms with E-state index in [1.807, 2.05) is 37.3 Å². The molecule has 0 aromatic heterocycles. The average Bonchev–Trinajstić information content (AvgIpc) is 3.06. The summed E-state index contributed by atoms with van der Waals surface area (Å²) in [6, 6.07) is 12.7. The molecule has 0 amide bonds. The van der Waals surface area contributed by atoms with Crippen molar-refractivity contribution >= 4 is 11.5 Å². The van der Waals surface area contributed by atoms with Crippen molar-refractivity contribution < 1.29 is 27.8 Å². The number of ether oxygens (including phenoxy) is 1. The van der Waals surface area contributed by atoms with Crippen LogP contribution in [0.2, 0.25) is 0 Å². The fourth-order valence-corrected chi connectivity index (χ4v) is 3.50. The number of aliphatic carboxylic acids is 1. The molecule has 4 nitrogen and oxygen atoms in total. The van der Waals surface area contributed by atoms with Gasteiger partial charge in [-0.3, -0.25) is 9.69 Å². The van der Waals surface area contributed by atoms with Gasteiger partial charge in [-0.15, -0.1) is 0 Å². The Morgan fingerprint density at radius 2 is 1.87 bits per heavy atom. The predicted molar refractivity (Wildman–Crippen MR) is 113 cm³/mol. The zero-order valence-corrected chi connectivity index (χ0v) is 17.4. The molecule has 1 N–H and O–H groups in total. The Hall–Kier alpha value is -3.06. The molecule has 3 rings (SSSR count). The van der Waals surface area contributed by atoms with Gasteiger partial charge in [0.05, 0.1) is 12.1 Å². The zero-order chi connectivity index (χ0) is 22.6. The molecule has 1 aliphatic rings. The third-order valence-electron chi connectivity index (χ3n) is 5.09. The molecule has 2 aromatic rings. The molecule has 0 fully saturated rings. The SMILES string of the molecule is CC1=C(COc2cccc(CN(C)CC(=O)O)c2)C=C(c2ccc(C(F)(F)F)cc2)C1. The Morgan fingerprint density at radius 3 is 2.52 bits per heavy atom. The first kappa shape index (κ1) is 22.6. The molecule has 1 aliphatic carbocycles. The van der Waals surface area contributed by atoms with Gasteiger partial charge in [0, 0.05) is 6.54 Å². The molecule has 2 aromatic carbocycles. The maximum absolute atomic E-state index is 12.8. The van der Waals surface area contributed by atoms with Crippen LogP contribution in [0.15, 0.2) is 65.8 Å². The second-order valence-corrected chi connectivity index (χ2v) is 7.73. The van der Waals surface area contributed by atoms with E-state index in [1.54, 1.807) is 11.9 Å². The number of hydrogen-bond donors (Lipinski definition) is 1. The number of hydrogen-bond acceptors (Lipinski definition) is 3. The van der Waals surface area contributed by atoms with Gasteiger partial charge in [0.25, 0.3) is 0 Å². The normalized spacial score (nSPS) is 14.2. The fraction of sp³-hybridized carbons (Fsp3) is 0.292. The van der Waals surface area contributed by atoms with Crippen LogP contribution in [-0.4, -0.2) is 36.2 Å². The number of halogens is 3. The van der Waals surface area contributed by atoms with Crippen molar-refractivity contribution in [2.24, 2.45) is 0 Å². The summed E-state index contributed by atoms with van der Waals surface area (Å²) in [5.41, 5.74) is 4.14. The van der Waals surface area contributed by atoms with Crippen LogP contribution < -0.4 is 4.74 Å². The molecule has 0 aliphatic heterocycles. The largest absolute Gasteiger partial charge is 0.489 e. The highest BCUT2D eigenvalue weighted by atomic mass is 19.4. The third kappa shape index (κ3) is 6.21. The van der Waals surface area contributed by atoms with Gasteiger partial charge in [0.2, 0.25) is 0 Å². The Labute approximate surface area is 179 Å². The summed E-state index contributed by atoms with van der Waals surface area (Å²) >= 11 is 0. The molecule has 31 heavy (non-hydrogen) atoms. The number of allylic oxidation sites excluding steroid dienone is 2. The molecule has 7 heteroatoms. The first-order valence-electron chi connectivity index (χ1n) is 9.80. The van der Waals surface area contributed by atoms with Crippen LogP contribution in [0.5, 0.6) is 5.75 Å². The number of carbonyl (C=O) groups is 1. The van der Waals surface area contributed by atoms with Crippen molar-refractivity contribution in [3.63, 3.8) is 0 Å². The lowest BCUT2D eigenvalue weighted by molar-refractivity contribution is -0.138. The lowest BCUT2D eigenvalue weighted by atomic mass is 10.0. The van der Waals surface area contributed by atoms with E-state index in [-0.39, 0.29) is 6.54 Å². The molecule has 0 saturated heterocycles. The van der Waals surface area contributed by atoms with Crippen LogP contribution in [0.1, 0.15) is 30.0 Å². The minimum absolute atomic E-state index is 0.0469. The highest BCUT2D eigenvalue weighted by molar-refractivity contribution is 5.74. The van der Waals surface area contributed by atoms with E-state index in [9.17, 15) is 18.0 Å². The summed E-state index contributed by atoms with van der Waals surface area (Å²) in [5.74, 6) is -0.202. The monoisotopic (exact) mass is 431 g/mol. The Kier molecular flexibility index (Phi) is 6.85. The lowest BCUT2D eigenvalue weighted by Crippen LogP contribution is -2.25. The summed E-state index contributed by atoms with van der Waals surface area (Å²) in [6.45, 7) is 2.78. The van der Waals surface area contributed by atoms with Crippen molar-refractivity contribution in [3.05, 3.63) is 82.4 Å². The highest BCUT2D eigenvalue weighted by Crippen LogP contribution is 2.35. The number of rotatable bonds is 8. The van der Waals surface area contributed by atoms with E-state index in [0.29, 0.717) is 25.3 Å². The summed E-state index contributed by atoms with van der Waals surface area (Å²) < 4.78 is 44.2. The Bertz CT molecular complexity index is 1010. The molecule has 0 heterocycles. The zero-order valence-electron chi connectivity index (χ0n) is 17.4. The van der Waals surface area contributed by atoms with Crippen LogP contribution in [-0.2, 0) is 17.5 Å². The van der Waals surface area contributed by atoms with E-state index in [1.165, 1.54) is 12.1 Å². The van der Waals surface area contributed by atoms with Gasteiger partial charge in [-0.2, -0.15) is 13.2 Å². The fourth-order valence-electron chi connectivity index (χ4n) is 3.50. The van der Waals surface area contributed by atoms with Gasteiger partial charge in [-0.05, 0) is 66.9 Å². The van der Waals surface area contributed by atoms with E-state index < -0.39 is 17.7 Å². The molecule has 0 radical (unpaired) electrons. The van der Waals surface area contributed by atoms with Gasteiger partial charge in [-0.1, -0.05) is 35.9 Å². The van der Waals surface area contributed by atoms with E-state index in [2.05, 4.69) is 0 Å². The molecule has 0 spiro atoms. The van der Waals surface area contributed by atoms with Crippen LogP contribution >= 0.6 is 0 Å². The van der Waals surface area contributed by atoms with E-state index in [0.717, 1.165) is 40.0 Å². The maximum Gasteiger partial charge on any atom is 0.416 e. The molecule has 0 unspecified atom stereocenters. The van der Waals surface area contributed by atoms with E-state index >= 15 is 0 Å². The van der Waals surface area contributed by atoms with Crippen LogP contribution in [0, 0.1) is 0 Å². The number of nitrogens with zero attached hydrogens (tertiary/aromatic N) is 1. The quantitative estimate of drug-likeness (QED) is 0.608. The van der Waals surface area contributed by atoms with Gasteiger partial charge < -0.3 is 9.84 Å². The third-order valence-corrected chi connectivity index (χ3v) is 5.09. The lowest BCUT2D eigenvalue weighted by Gasteiger charge is -2.15. The number of benzene rings is 2. The van der Waals surface area contributed by atoms with Crippen molar-refractivity contribution in [1.29, 1.82) is 0 Å². The number of carboxylic acid groups (broad SMARTS) is 1. The highest BCUT2D eigenvalue weighted by Gasteiger charge is 2.30. The minimum atomic E-state index is -4.34. The summed E-state index contributed by atoms with van der Waals surface area (Å²) in [4.78, 5) is 12.5. The van der Waals surface area contributed by atoms with Crippen LogP contribution in [0.3, 0.4) is 0 Å². The van der Waals surface area contributed by atoms with Gasteiger partial charge >= 0.3 is 12.1 Å². The van der Waals surface area contributed by atoms with Crippen molar-refractivity contribution in [2.75, 3.05) is 20.2 Å². The Morgan fingerprint density at radius 1 is 1.16 bits per heavy atom. The second kappa shape index (κ2) is 9.39. The summed E-state index contributed by atoms with van der Waals surface area (Å²) in [7, 11) is 1.74. The van der Waals surface area contributed by atoms with Gasteiger partial charge in [0.15, 0.2) is 0 Å². The minimum Gasteiger partial charge on any atom is -0.489 e. The Balaban J connectivity index is 1.63. The molecular formula is C24H24F3NO3. The number of carboxylic acids is 1. The van der Waals surface area contributed by atoms with E-state index in [4.69, 9.17) is 9.84 Å². The first-order valence-corrected chi connectivity index (χ1v) is 9.80. The van der Waals surface area contributed by atoms with Crippen LogP contribution in [0.4, 0.5) is 13.2 Å². The molecule has 0 saturated carbocycles. The molecule has 164 valence electrons.